The van der Waals surface area contributed by atoms with E-state index in [1.54, 1.807) is 12.3 Å². The molecule has 0 aliphatic heterocycles. The molecule has 1 atom stereocenters. The minimum absolute atomic E-state index is 0.114. The molecule has 1 rings (SSSR count). The third-order valence-electron chi connectivity index (χ3n) is 3.09. The second-order valence-corrected chi connectivity index (χ2v) is 5.30. The van der Waals surface area contributed by atoms with Gasteiger partial charge in [-0.2, -0.15) is 0 Å². The third-order valence-corrected chi connectivity index (χ3v) is 3.09. The van der Waals surface area contributed by atoms with Gasteiger partial charge in [0.25, 0.3) is 5.91 Å². The largest absolute Gasteiger partial charge is 0.382 e. The SMILES string of the molecule is CCC(C)Nc1ccnc(C(=O)NCCCN(C)C)c1. The van der Waals surface area contributed by atoms with Crippen LogP contribution in [0.2, 0.25) is 0 Å². The quantitative estimate of drug-likeness (QED) is 0.714. The third kappa shape index (κ3) is 6.02. The van der Waals surface area contributed by atoms with Crippen molar-refractivity contribution in [3.8, 4) is 0 Å². The Morgan fingerprint density at radius 1 is 1.45 bits per heavy atom. The molecule has 5 nitrogen and oxygen atoms in total. The highest BCUT2D eigenvalue weighted by Crippen LogP contribution is 2.10. The van der Waals surface area contributed by atoms with Gasteiger partial charge in [0, 0.05) is 24.5 Å². The first-order chi connectivity index (χ1) is 9.52. The molecule has 0 bridgehead atoms. The van der Waals surface area contributed by atoms with Gasteiger partial charge in [0.2, 0.25) is 0 Å². The van der Waals surface area contributed by atoms with Crippen LogP contribution in [-0.4, -0.2) is 49.0 Å². The van der Waals surface area contributed by atoms with E-state index in [-0.39, 0.29) is 5.91 Å². The summed E-state index contributed by atoms with van der Waals surface area (Å²) in [6.45, 7) is 5.86. The average molecular weight is 278 g/mol. The summed E-state index contributed by atoms with van der Waals surface area (Å²) in [5.41, 5.74) is 1.40. The number of anilines is 1. The van der Waals surface area contributed by atoms with Crippen LogP contribution in [0.4, 0.5) is 5.69 Å². The second kappa shape index (κ2) is 8.53. The predicted molar refractivity (Wildman–Crippen MR) is 83.1 cm³/mol. The topological polar surface area (TPSA) is 57.3 Å². The molecule has 0 saturated heterocycles. The number of hydrogen-bond acceptors (Lipinski definition) is 4. The summed E-state index contributed by atoms with van der Waals surface area (Å²) in [6, 6.07) is 4.07. The molecule has 0 aliphatic carbocycles. The lowest BCUT2D eigenvalue weighted by atomic mass is 10.2. The Morgan fingerprint density at radius 2 is 2.20 bits per heavy atom. The first kappa shape index (κ1) is 16.4. The summed E-state index contributed by atoms with van der Waals surface area (Å²) in [5.74, 6) is -0.114. The van der Waals surface area contributed by atoms with E-state index >= 15 is 0 Å². The van der Waals surface area contributed by atoms with Crippen LogP contribution in [0.15, 0.2) is 18.3 Å². The van der Waals surface area contributed by atoms with Crippen molar-refractivity contribution in [2.75, 3.05) is 32.5 Å². The molecule has 1 amide bonds. The molecule has 5 heteroatoms. The minimum atomic E-state index is -0.114. The number of carbonyl (C=O) groups is 1. The van der Waals surface area contributed by atoms with Crippen LogP contribution >= 0.6 is 0 Å². The number of pyridine rings is 1. The summed E-state index contributed by atoms with van der Waals surface area (Å²) < 4.78 is 0. The van der Waals surface area contributed by atoms with Gasteiger partial charge in [-0.1, -0.05) is 6.92 Å². The van der Waals surface area contributed by atoms with Crippen molar-refractivity contribution in [3.63, 3.8) is 0 Å². The Morgan fingerprint density at radius 3 is 2.85 bits per heavy atom. The molecule has 0 aliphatic rings. The molecule has 1 aromatic rings. The van der Waals surface area contributed by atoms with E-state index in [1.165, 1.54) is 0 Å². The van der Waals surface area contributed by atoms with Crippen molar-refractivity contribution in [1.29, 1.82) is 0 Å². The van der Waals surface area contributed by atoms with Crippen LogP contribution in [0.5, 0.6) is 0 Å². The molecule has 1 heterocycles. The maximum Gasteiger partial charge on any atom is 0.269 e. The van der Waals surface area contributed by atoms with Crippen molar-refractivity contribution < 1.29 is 4.79 Å². The molecular weight excluding hydrogens is 252 g/mol. The number of aromatic nitrogens is 1. The van der Waals surface area contributed by atoms with Gasteiger partial charge in [-0.3, -0.25) is 9.78 Å². The van der Waals surface area contributed by atoms with Gasteiger partial charge in [0.1, 0.15) is 5.69 Å². The molecule has 1 aromatic heterocycles. The molecule has 0 saturated carbocycles. The summed E-state index contributed by atoms with van der Waals surface area (Å²) in [7, 11) is 4.04. The van der Waals surface area contributed by atoms with Crippen LogP contribution in [0, 0.1) is 0 Å². The molecule has 20 heavy (non-hydrogen) atoms. The lowest BCUT2D eigenvalue weighted by Gasteiger charge is -2.13. The molecule has 0 aromatic carbocycles. The summed E-state index contributed by atoms with van der Waals surface area (Å²) in [4.78, 5) is 18.2. The van der Waals surface area contributed by atoms with Gasteiger partial charge in [-0.15, -0.1) is 0 Å². The zero-order valence-electron chi connectivity index (χ0n) is 12.9. The van der Waals surface area contributed by atoms with Crippen LogP contribution in [0.3, 0.4) is 0 Å². The number of nitrogens with zero attached hydrogens (tertiary/aromatic N) is 2. The van der Waals surface area contributed by atoms with E-state index < -0.39 is 0 Å². The minimum Gasteiger partial charge on any atom is -0.382 e. The lowest BCUT2D eigenvalue weighted by Crippen LogP contribution is -2.28. The summed E-state index contributed by atoms with van der Waals surface area (Å²) in [6.07, 6.45) is 3.64. The summed E-state index contributed by atoms with van der Waals surface area (Å²) >= 11 is 0. The van der Waals surface area contributed by atoms with Crippen LogP contribution in [0.25, 0.3) is 0 Å². The molecule has 0 fully saturated rings. The van der Waals surface area contributed by atoms with Crippen LogP contribution < -0.4 is 10.6 Å². The molecule has 0 radical (unpaired) electrons. The Labute approximate surface area is 121 Å². The smallest absolute Gasteiger partial charge is 0.269 e. The first-order valence-corrected chi connectivity index (χ1v) is 7.18. The van der Waals surface area contributed by atoms with E-state index in [0.717, 1.165) is 25.1 Å². The fraction of sp³-hybridized carbons (Fsp3) is 0.600. The molecule has 2 N–H and O–H groups in total. The predicted octanol–water partition coefficient (Wildman–Crippen LogP) is 1.97. The molecule has 0 spiro atoms. The molecule has 112 valence electrons. The number of hydrogen-bond donors (Lipinski definition) is 2. The summed E-state index contributed by atoms with van der Waals surface area (Å²) in [5, 5.41) is 6.24. The Bertz CT molecular complexity index is 420. The molecule has 1 unspecified atom stereocenters. The average Bonchev–Trinajstić information content (AvgIpc) is 2.43. The van der Waals surface area contributed by atoms with Crippen molar-refractivity contribution in [1.82, 2.24) is 15.2 Å². The van der Waals surface area contributed by atoms with Gasteiger partial charge in [-0.25, -0.2) is 0 Å². The fourth-order valence-electron chi connectivity index (χ4n) is 1.72. The first-order valence-electron chi connectivity index (χ1n) is 7.18. The Balaban J connectivity index is 2.49. The van der Waals surface area contributed by atoms with Crippen molar-refractivity contribution >= 4 is 11.6 Å². The monoisotopic (exact) mass is 278 g/mol. The fourth-order valence-corrected chi connectivity index (χ4v) is 1.72. The van der Waals surface area contributed by atoms with Gasteiger partial charge < -0.3 is 15.5 Å². The van der Waals surface area contributed by atoms with E-state index in [2.05, 4.69) is 34.4 Å². The van der Waals surface area contributed by atoms with Gasteiger partial charge >= 0.3 is 0 Å². The van der Waals surface area contributed by atoms with Crippen LogP contribution in [0.1, 0.15) is 37.2 Å². The van der Waals surface area contributed by atoms with E-state index in [4.69, 9.17) is 0 Å². The van der Waals surface area contributed by atoms with Crippen molar-refractivity contribution in [2.24, 2.45) is 0 Å². The lowest BCUT2D eigenvalue weighted by molar-refractivity contribution is 0.0947. The Kier molecular flexibility index (Phi) is 7.01. The molecular formula is C15H26N4O. The van der Waals surface area contributed by atoms with Gasteiger partial charge in [0.15, 0.2) is 0 Å². The van der Waals surface area contributed by atoms with Crippen molar-refractivity contribution in [2.45, 2.75) is 32.7 Å². The maximum atomic E-state index is 12.0. The van der Waals surface area contributed by atoms with Gasteiger partial charge in [-0.05, 0) is 52.5 Å². The number of carbonyl (C=O) groups excluding carboxylic acids is 1. The number of amides is 1. The Hall–Kier alpha value is -1.62. The normalized spacial score (nSPS) is 12.2. The highest BCUT2D eigenvalue weighted by molar-refractivity contribution is 5.93. The zero-order chi connectivity index (χ0) is 15.0. The second-order valence-electron chi connectivity index (χ2n) is 5.30. The van der Waals surface area contributed by atoms with Gasteiger partial charge in [0.05, 0.1) is 0 Å². The van der Waals surface area contributed by atoms with E-state index in [0.29, 0.717) is 18.3 Å². The standard InChI is InChI=1S/C15H26N4O/c1-5-12(2)18-13-7-9-16-14(11-13)15(20)17-8-6-10-19(3)4/h7,9,11-12H,5-6,8,10H2,1-4H3,(H,16,18)(H,17,20). The van der Waals surface area contributed by atoms with E-state index in [1.807, 2.05) is 20.2 Å². The van der Waals surface area contributed by atoms with Crippen LogP contribution in [-0.2, 0) is 0 Å². The van der Waals surface area contributed by atoms with Crippen molar-refractivity contribution in [3.05, 3.63) is 24.0 Å². The number of rotatable bonds is 8. The van der Waals surface area contributed by atoms with E-state index in [9.17, 15) is 4.79 Å². The zero-order valence-corrected chi connectivity index (χ0v) is 12.9. The highest BCUT2D eigenvalue weighted by atomic mass is 16.1. The number of nitrogens with one attached hydrogen (secondary N) is 2. The maximum absolute atomic E-state index is 12.0. The highest BCUT2D eigenvalue weighted by Gasteiger charge is 2.08.